The molecule has 0 amide bonds. The summed E-state index contributed by atoms with van der Waals surface area (Å²) in [5.74, 6) is 0.742. The van der Waals surface area contributed by atoms with Gasteiger partial charge in [0.25, 0.3) is 0 Å². The predicted octanol–water partition coefficient (Wildman–Crippen LogP) is 0.594. The molecule has 1 atom stereocenters. The molecule has 5 nitrogen and oxygen atoms in total. The zero-order chi connectivity index (χ0) is 12.3. The van der Waals surface area contributed by atoms with Gasteiger partial charge in [0, 0.05) is 7.11 Å². The molecule has 5 heteroatoms. The number of hydrogen-bond donors (Lipinski definition) is 2. The van der Waals surface area contributed by atoms with E-state index in [1.807, 2.05) is 30.3 Å². The summed E-state index contributed by atoms with van der Waals surface area (Å²) in [7, 11) is 1.60. The van der Waals surface area contributed by atoms with Gasteiger partial charge >= 0.3 is 0 Å². The molecule has 1 unspecified atom stereocenters. The largest absolute Gasteiger partial charge is 0.491 e. The molecule has 17 heavy (non-hydrogen) atoms. The number of rotatable bonds is 9. The molecule has 0 saturated carbocycles. The van der Waals surface area contributed by atoms with Crippen LogP contribution in [0.4, 0.5) is 0 Å². The van der Waals surface area contributed by atoms with Crippen molar-refractivity contribution < 1.29 is 19.4 Å². The Hall–Kier alpha value is -1.14. The number of methoxy groups -OCH3 is 1. The molecule has 0 heterocycles. The second kappa shape index (κ2) is 8.95. The van der Waals surface area contributed by atoms with Gasteiger partial charge in [-0.1, -0.05) is 18.2 Å². The Morgan fingerprint density at radius 3 is 2.71 bits per heavy atom. The molecule has 2 N–H and O–H groups in total. The molecule has 1 rings (SSSR count). The van der Waals surface area contributed by atoms with E-state index in [0.29, 0.717) is 19.8 Å². The number of ether oxygens (including phenoxy) is 2. The van der Waals surface area contributed by atoms with Crippen molar-refractivity contribution in [3.63, 3.8) is 0 Å². The number of aliphatic hydroxyl groups excluding tert-OH is 1. The third kappa shape index (κ3) is 6.91. The standard InChI is InChI=1S/C12H19NO4/c1-15-7-8-17-13-9-11(14)10-16-12-5-3-2-4-6-12/h2-6,11,13-14H,7-10H2,1H3. The normalized spacial score (nSPS) is 12.4. The minimum absolute atomic E-state index is 0.227. The first-order chi connectivity index (χ1) is 8.33. The van der Waals surface area contributed by atoms with E-state index in [2.05, 4.69) is 5.48 Å². The van der Waals surface area contributed by atoms with Gasteiger partial charge < -0.3 is 14.6 Å². The first-order valence-electron chi connectivity index (χ1n) is 5.52. The second-order valence-corrected chi connectivity index (χ2v) is 3.47. The van der Waals surface area contributed by atoms with E-state index in [1.54, 1.807) is 7.11 Å². The highest BCUT2D eigenvalue weighted by Gasteiger charge is 2.04. The molecule has 1 aromatic rings. The Balaban J connectivity index is 2.03. The number of hydrogen-bond acceptors (Lipinski definition) is 5. The Labute approximate surface area is 101 Å². The summed E-state index contributed by atoms with van der Waals surface area (Å²) in [6.07, 6.45) is -0.613. The molecule has 0 spiro atoms. The van der Waals surface area contributed by atoms with Crippen LogP contribution in [0.25, 0.3) is 0 Å². The van der Waals surface area contributed by atoms with Gasteiger partial charge in [0.05, 0.1) is 19.8 Å². The summed E-state index contributed by atoms with van der Waals surface area (Å²) >= 11 is 0. The van der Waals surface area contributed by atoms with Crippen LogP contribution in [0, 0.1) is 0 Å². The second-order valence-electron chi connectivity index (χ2n) is 3.47. The van der Waals surface area contributed by atoms with Crippen LogP contribution in [0.1, 0.15) is 0 Å². The summed E-state index contributed by atoms with van der Waals surface area (Å²) < 4.78 is 10.2. The SMILES string of the molecule is COCCONCC(O)COc1ccccc1. The van der Waals surface area contributed by atoms with Crippen molar-refractivity contribution in [2.45, 2.75) is 6.10 Å². The summed E-state index contributed by atoms with van der Waals surface area (Å²) in [6.45, 7) is 1.51. The van der Waals surface area contributed by atoms with Gasteiger partial charge in [-0.25, -0.2) is 0 Å². The van der Waals surface area contributed by atoms with E-state index >= 15 is 0 Å². The zero-order valence-electron chi connectivity index (χ0n) is 9.96. The lowest BCUT2D eigenvalue weighted by Gasteiger charge is -2.13. The van der Waals surface area contributed by atoms with Crippen molar-refractivity contribution in [2.75, 3.05) is 33.5 Å². The van der Waals surface area contributed by atoms with Gasteiger partial charge in [-0.2, -0.15) is 5.48 Å². The first kappa shape index (κ1) is 13.9. The molecule has 0 fully saturated rings. The van der Waals surface area contributed by atoms with Crippen LogP contribution >= 0.6 is 0 Å². The van der Waals surface area contributed by atoms with E-state index in [4.69, 9.17) is 14.3 Å². The summed E-state index contributed by atoms with van der Waals surface area (Å²) in [5, 5.41) is 9.57. The van der Waals surface area contributed by atoms with Gasteiger partial charge in [0.1, 0.15) is 18.5 Å². The fourth-order valence-electron chi connectivity index (χ4n) is 1.12. The van der Waals surface area contributed by atoms with Gasteiger partial charge in [-0.05, 0) is 12.1 Å². The molecule has 0 saturated heterocycles. The molecule has 0 bridgehead atoms. The van der Waals surface area contributed by atoms with Gasteiger partial charge in [0.2, 0.25) is 0 Å². The maximum Gasteiger partial charge on any atom is 0.119 e. The minimum atomic E-state index is -0.613. The smallest absolute Gasteiger partial charge is 0.119 e. The fourth-order valence-corrected chi connectivity index (χ4v) is 1.12. The van der Waals surface area contributed by atoms with Gasteiger partial charge in [-0.3, -0.25) is 4.84 Å². The van der Waals surface area contributed by atoms with Gasteiger partial charge in [-0.15, -0.1) is 0 Å². The van der Waals surface area contributed by atoms with Crippen molar-refractivity contribution in [2.24, 2.45) is 0 Å². The monoisotopic (exact) mass is 241 g/mol. The highest BCUT2D eigenvalue weighted by atomic mass is 16.7. The number of para-hydroxylation sites is 1. The maximum absolute atomic E-state index is 9.57. The average Bonchev–Trinajstić information content (AvgIpc) is 2.37. The van der Waals surface area contributed by atoms with Crippen molar-refractivity contribution in [3.8, 4) is 5.75 Å². The van der Waals surface area contributed by atoms with Crippen molar-refractivity contribution in [1.29, 1.82) is 0 Å². The van der Waals surface area contributed by atoms with E-state index in [1.165, 1.54) is 0 Å². The number of nitrogens with one attached hydrogen (secondary N) is 1. The van der Waals surface area contributed by atoms with E-state index < -0.39 is 6.10 Å². The fraction of sp³-hybridized carbons (Fsp3) is 0.500. The Morgan fingerprint density at radius 1 is 1.24 bits per heavy atom. The van der Waals surface area contributed by atoms with Crippen LogP contribution in [0.3, 0.4) is 0 Å². The lowest BCUT2D eigenvalue weighted by molar-refractivity contribution is -0.0173. The summed E-state index contributed by atoms with van der Waals surface area (Å²) in [5.41, 5.74) is 2.65. The summed E-state index contributed by atoms with van der Waals surface area (Å²) in [4.78, 5) is 5.01. The van der Waals surface area contributed by atoms with Crippen LogP contribution in [0.2, 0.25) is 0 Å². The molecule has 0 aliphatic carbocycles. The minimum Gasteiger partial charge on any atom is -0.491 e. The zero-order valence-corrected chi connectivity index (χ0v) is 9.96. The molecule has 0 aliphatic heterocycles. The highest BCUT2D eigenvalue weighted by Crippen LogP contribution is 2.08. The Bertz CT molecular complexity index is 281. The van der Waals surface area contributed by atoms with Crippen LogP contribution in [0.15, 0.2) is 30.3 Å². The lowest BCUT2D eigenvalue weighted by atomic mass is 10.3. The van der Waals surface area contributed by atoms with E-state index in [9.17, 15) is 5.11 Å². The lowest BCUT2D eigenvalue weighted by Crippen LogP contribution is -2.32. The average molecular weight is 241 g/mol. The van der Waals surface area contributed by atoms with Crippen molar-refractivity contribution >= 4 is 0 Å². The van der Waals surface area contributed by atoms with Crippen molar-refractivity contribution in [3.05, 3.63) is 30.3 Å². The molecular weight excluding hydrogens is 222 g/mol. The van der Waals surface area contributed by atoms with E-state index in [-0.39, 0.29) is 6.61 Å². The van der Waals surface area contributed by atoms with Crippen LogP contribution in [0.5, 0.6) is 5.75 Å². The highest BCUT2D eigenvalue weighted by molar-refractivity contribution is 5.20. The third-order valence-electron chi connectivity index (χ3n) is 2.00. The molecular formula is C12H19NO4. The molecule has 0 radical (unpaired) electrons. The summed E-state index contributed by atoms with van der Waals surface area (Å²) in [6, 6.07) is 9.36. The molecule has 1 aromatic carbocycles. The van der Waals surface area contributed by atoms with Gasteiger partial charge in [0.15, 0.2) is 0 Å². The molecule has 0 aromatic heterocycles. The maximum atomic E-state index is 9.57. The topological polar surface area (TPSA) is 60.0 Å². The van der Waals surface area contributed by atoms with E-state index in [0.717, 1.165) is 5.75 Å². The first-order valence-corrected chi connectivity index (χ1v) is 5.52. The number of aliphatic hydroxyl groups is 1. The molecule has 96 valence electrons. The quantitative estimate of drug-likeness (QED) is 0.489. The Kier molecular flexibility index (Phi) is 7.33. The van der Waals surface area contributed by atoms with Crippen LogP contribution < -0.4 is 10.2 Å². The number of hydroxylamine groups is 1. The third-order valence-corrected chi connectivity index (χ3v) is 2.00. The molecule has 0 aliphatic rings. The predicted molar refractivity (Wildman–Crippen MR) is 63.8 cm³/mol. The van der Waals surface area contributed by atoms with Crippen molar-refractivity contribution in [1.82, 2.24) is 5.48 Å². The van der Waals surface area contributed by atoms with Crippen LogP contribution in [-0.2, 0) is 9.57 Å². The number of benzene rings is 1. The van der Waals surface area contributed by atoms with Crippen LogP contribution in [-0.4, -0.2) is 44.7 Å². The Morgan fingerprint density at radius 2 is 2.00 bits per heavy atom.